The lowest BCUT2D eigenvalue weighted by Gasteiger charge is -2.03. The van der Waals surface area contributed by atoms with Gasteiger partial charge in [-0.25, -0.2) is 9.78 Å². The highest BCUT2D eigenvalue weighted by Gasteiger charge is 2.13. The van der Waals surface area contributed by atoms with Crippen LogP contribution in [-0.4, -0.2) is 29.7 Å². The van der Waals surface area contributed by atoms with E-state index in [-0.39, 0.29) is 11.9 Å². The zero-order valence-electron chi connectivity index (χ0n) is 13.7. The molecule has 0 fully saturated rings. The number of thiazole rings is 1. The van der Waals surface area contributed by atoms with Crippen molar-refractivity contribution >= 4 is 50.3 Å². The number of carbonyl (C=O) groups is 2. The number of hydrogen-bond acceptors (Lipinski definition) is 6. The smallest absolute Gasteiger partial charge is 0.338 e. The Morgan fingerprint density at radius 1 is 1.20 bits per heavy atom. The molecule has 3 rings (SSSR count). The standard InChI is InChI=1S/C18H16N2O3S2/c1-3-23-17(22)12-7-8-14-15(10-12)25-18(19-14)20-16(21)11-5-4-6-13(9-11)24-2/h4-10H,3H2,1-2H3,(H,19,20,21). The number of ether oxygens (including phenoxy) is 1. The first-order chi connectivity index (χ1) is 12.1. The van der Waals surface area contributed by atoms with Crippen molar-refractivity contribution < 1.29 is 14.3 Å². The van der Waals surface area contributed by atoms with Gasteiger partial charge in [0.05, 0.1) is 22.4 Å². The molecule has 0 radical (unpaired) electrons. The molecule has 1 N–H and O–H groups in total. The summed E-state index contributed by atoms with van der Waals surface area (Å²) in [5, 5.41) is 3.31. The van der Waals surface area contributed by atoms with E-state index >= 15 is 0 Å². The third-order valence-electron chi connectivity index (χ3n) is 3.45. The molecule has 0 aliphatic heterocycles. The van der Waals surface area contributed by atoms with Crippen molar-refractivity contribution in [2.75, 3.05) is 18.2 Å². The number of hydrogen-bond donors (Lipinski definition) is 1. The van der Waals surface area contributed by atoms with Gasteiger partial charge in [0, 0.05) is 10.5 Å². The Hall–Kier alpha value is -2.38. The van der Waals surface area contributed by atoms with Gasteiger partial charge in [-0.3, -0.25) is 10.1 Å². The van der Waals surface area contributed by atoms with Gasteiger partial charge >= 0.3 is 5.97 Å². The number of thioether (sulfide) groups is 1. The minimum Gasteiger partial charge on any atom is -0.462 e. The zero-order valence-corrected chi connectivity index (χ0v) is 15.4. The maximum atomic E-state index is 12.4. The highest BCUT2D eigenvalue weighted by atomic mass is 32.2. The fraction of sp³-hybridized carbons (Fsp3) is 0.167. The van der Waals surface area contributed by atoms with Gasteiger partial charge in [0.15, 0.2) is 5.13 Å². The number of amides is 1. The van der Waals surface area contributed by atoms with Gasteiger partial charge in [0.2, 0.25) is 0 Å². The van der Waals surface area contributed by atoms with E-state index in [9.17, 15) is 9.59 Å². The highest BCUT2D eigenvalue weighted by Crippen LogP contribution is 2.27. The third-order valence-corrected chi connectivity index (χ3v) is 5.11. The lowest BCUT2D eigenvalue weighted by atomic mass is 10.2. The molecule has 0 bridgehead atoms. The second-order valence-corrected chi connectivity index (χ2v) is 7.02. The normalized spacial score (nSPS) is 10.6. The predicted molar refractivity (Wildman–Crippen MR) is 102 cm³/mol. The van der Waals surface area contributed by atoms with Crippen LogP contribution in [0.25, 0.3) is 10.2 Å². The van der Waals surface area contributed by atoms with Gasteiger partial charge in [-0.1, -0.05) is 17.4 Å². The minimum atomic E-state index is -0.364. The van der Waals surface area contributed by atoms with E-state index in [0.29, 0.717) is 22.9 Å². The number of aromatic nitrogens is 1. The summed E-state index contributed by atoms with van der Waals surface area (Å²) in [6.45, 7) is 2.10. The van der Waals surface area contributed by atoms with E-state index in [1.807, 2.05) is 24.5 Å². The molecule has 0 spiro atoms. The fourth-order valence-corrected chi connectivity index (χ4v) is 3.61. The van der Waals surface area contributed by atoms with E-state index in [1.165, 1.54) is 11.3 Å². The molecule has 0 unspecified atom stereocenters. The van der Waals surface area contributed by atoms with Crippen LogP contribution >= 0.6 is 23.1 Å². The Morgan fingerprint density at radius 2 is 2.04 bits per heavy atom. The maximum Gasteiger partial charge on any atom is 0.338 e. The lowest BCUT2D eigenvalue weighted by Crippen LogP contribution is -2.11. The van der Waals surface area contributed by atoms with Crippen molar-refractivity contribution in [3.63, 3.8) is 0 Å². The lowest BCUT2D eigenvalue weighted by molar-refractivity contribution is 0.0526. The Kier molecular flexibility index (Phi) is 5.35. The van der Waals surface area contributed by atoms with Gasteiger partial charge in [0.25, 0.3) is 5.91 Å². The summed E-state index contributed by atoms with van der Waals surface area (Å²) in [6, 6.07) is 12.6. The van der Waals surface area contributed by atoms with Crippen LogP contribution in [-0.2, 0) is 4.74 Å². The summed E-state index contributed by atoms with van der Waals surface area (Å²) >= 11 is 2.91. The van der Waals surface area contributed by atoms with Crippen molar-refractivity contribution in [1.29, 1.82) is 0 Å². The number of esters is 1. The van der Waals surface area contributed by atoms with Crippen LogP contribution in [0.4, 0.5) is 5.13 Å². The molecule has 5 nitrogen and oxygen atoms in total. The van der Waals surface area contributed by atoms with E-state index in [0.717, 1.165) is 15.1 Å². The highest BCUT2D eigenvalue weighted by molar-refractivity contribution is 7.98. The summed E-state index contributed by atoms with van der Waals surface area (Å²) in [5.74, 6) is -0.571. The molecular formula is C18H16N2O3S2. The quantitative estimate of drug-likeness (QED) is 0.529. The number of anilines is 1. The number of rotatable bonds is 5. The van der Waals surface area contributed by atoms with Crippen molar-refractivity contribution in [3.05, 3.63) is 53.6 Å². The molecule has 0 saturated heterocycles. The summed E-state index contributed by atoms with van der Waals surface area (Å²) in [5.41, 5.74) is 1.79. The summed E-state index contributed by atoms with van der Waals surface area (Å²) < 4.78 is 5.82. The molecule has 0 aliphatic rings. The molecule has 128 valence electrons. The number of nitrogens with zero attached hydrogens (tertiary/aromatic N) is 1. The summed E-state index contributed by atoms with van der Waals surface area (Å²) in [7, 11) is 0. The van der Waals surface area contributed by atoms with Crippen molar-refractivity contribution in [1.82, 2.24) is 4.98 Å². The van der Waals surface area contributed by atoms with Gasteiger partial charge in [-0.15, -0.1) is 11.8 Å². The Labute approximate surface area is 153 Å². The van der Waals surface area contributed by atoms with Crippen molar-refractivity contribution in [2.45, 2.75) is 11.8 Å². The minimum absolute atomic E-state index is 0.208. The summed E-state index contributed by atoms with van der Waals surface area (Å²) in [4.78, 5) is 29.6. The van der Waals surface area contributed by atoms with Crippen LogP contribution in [0.2, 0.25) is 0 Å². The first kappa shape index (κ1) is 17.4. The first-order valence-electron chi connectivity index (χ1n) is 7.64. The molecule has 25 heavy (non-hydrogen) atoms. The van der Waals surface area contributed by atoms with E-state index < -0.39 is 0 Å². The molecular weight excluding hydrogens is 356 g/mol. The molecule has 1 heterocycles. The second kappa shape index (κ2) is 7.67. The van der Waals surface area contributed by atoms with Crippen LogP contribution in [0.15, 0.2) is 47.4 Å². The largest absolute Gasteiger partial charge is 0.462 e. The van der Waals surface area contributed by atoms with Crippen LogP contribution in [0.3, 0.4) is 0 Å². The van der Waals surface area contributed by atoms with Crippen LogP contribution in [0, 0.1) is 0 Å². The number of nitrogens with one attached hydrogen (secondary N) is 1. The second-order valence-electron chi connectivity index (χ2n) is 5.11. The average molecular weight is 372 g/mol. The van der Waals surface area contributed by atoms with Crippen LogP contribution in [0.5, 0.6) is 0 Å². The van der Waals surface area contributed by atoms with E-state index in [2.05, 4.69) is 10.3 Å². The average Bonchev–Trinajstić information content (AvgIpc) is 3.03. The third kappa shape index (κ3) is 4.00. The molecule has 1 amide bonds. The van der Waals surface area contributed by atoms with Crippen LogP contribution in [0.1, 0.15) is 27.6 Å². The van der Waals surface area contributed by atoms with Gasteiger partial charge in [-0.05, 0) is 49.6 Å². The fourth-order valence-electron chi connectivity index (χ4n) is 2.25. The Balaban J connectivity index is 1.81. The number of fused-ring (bicyclic) bond motifs is 1. The Bertz CT molecular complexity index is 937. The van der Waals surface area contributed by atoms with Gasteiger partial charge in [0.1, 0.15) is 0 Å². The van der Waals surface area contributed by atoms with Crippen molar-refractivity contribution in [3.8, 4) is 0 Å². The number of carbonyl (C=O) groups excluding carboxylic acids is 2. The van der Waals surface area contributed by atoms with Gasteiger partial charge < -0.3 is 4.74 Å². The molecule has 0 atom stereocenters. The molecule has 3 aromatic rings. The first-order valence-corrected chi connectivity index (χ1v) is 9.68. The molecule has 1 aromatic heterocycles. The monoisotopic (exact) mass is 372 g/mol. The van der Waals surface area contributed by atoms with E-state index in [1.54, 1.807) is 43.0 Å². The van der Waals surface area contributed by atoms with Crippen molar-refractivity contribution in [2.24, 2.45) is 0 Å². The molecule has 2 aromatic carbocycles. The molecule has 7 heteroatoms. The number of benzene rings is 2. The van der Waals surface area contributed by atoms with Crippen LogP contribution < -0.4 is 5.32 Å². The SMILES string of the molecule is CCOC(=O)c1ccc2nc(NC(=O)c3cccc(SC)c3)sc2c1. The maximum absolute atomic E-state index is 12.4. The topological polar surface area (TPSA) is 68.3 Å². The van der Waals surface area contributed by atoms with E-state index in [4.69, 9.17) is 4.74 Å². The molecule has 0 saturated carbocycles. The van der Waals surface area contributed by atoms with Gasteiger partial charge in [-0.2, -0.15) is 0 Å². The summed E-state index contributed by atoms with van der Waals surface area (Å²) in [6.07, 6.45) is 1.96. The predicted octanol–water partition coefficient (Wildman–Crippen LogP) is 4.45. The zero-order chi connectivity index (χ0) is 17.8. The Morgan fingerprint density at radius 3 is 2.80 bits per heavy atom. The molecule has 0 aliphatic carbocycles.